The molecule has 0 atom stereocenters. The average Bonchev–Trinajstić information content (AvgIpc) is 2.50. The van der Waals surface area contributed by atoms with Crippen molar-refractivity contribution in [2.75, 3.05) is 20.6 Å². The van der Waals surface area contributed by atoms with E-state index in [9.17, 15) is 8.42 Å². The van der Waals surface area contributed by atoms with Crippen molar-refractivity contribution in [2.45, 2.75) is 31.7 Å². The van der Waals surface area contributed by atoms with Crippen molar-refractivity contribution in [3.05, 3.63) is 10.8 Å². The number of hydrogen-bond donors (Lipinski definition) is 0. The molecule has 0 bridgehead atoms. The van der Waals surface area contributed by atoms with Crippen LogP contribution in [0.1, 0.15) is 19.5 Å². The topological polar surface area (TPSA) is 55.2 Å². The van der Waals surface area contributed by atoms with Crippen LogP contribution in [0, 0.1) is 5.92 Å². The molecule has 0 fully saturated rings. The Bertz CT molecular complexity index is 538. The van der Waals surface area contributed by atoms with Crippen molar-refractivity contribution in [1.82, 2.24) is 14.7 Å². The minimum absolute atomic E-state index is 0.0525. The van der Waals surface area contributed by atoms with Crippen molar-refractivity contribution >= 4 is 31.3 Å². The molecule has 0 N–H and O–H groups in total. The monoisotopic (exact) mass is 327 g/mol. The summed E-state index contributed by atoms with van der Waals surface area (Å²) in [4.78, 5) is 1.91. The summed E-state index contributed by atoms with van der Waals surface area (Å²) < 4.78 is 24.7. The zero-order valence-electron chi connectivity index (χ0n) is 11.5. The minimum atomic E-state index is -3.88. The van der Waals surface area contributed by atoms with Crippen molar-refractivity contribution in [3.63, 3.8) is 0 Å². The molecule has 0 saturated carbocycles. The van der Waals surface area contributed by atoms with E-state index in [1.165, 1.54) is 4.68 Å². The van der Waals surface area contributed by atoms with Crippen LogP contribution >= 0.6 is 22.3 Å². The van der Waals surface area contributed by atoms with Crippen LogP contribution in [0.2, 0.25) is 5.15 Å². The standard InChI is InChI=1S/C11H19Cl2N3O2S/c1-8(2)7-9-10(19(13,17)18)11(12)16(14-9)6-5-15(3)4/h8H,5-7H2,1-4H3. The van der Waals surface area contributed by atoms with Crippen LogP contribution in [0.25, 0.3) is 0 Å². The normalized spacial score (nSPS) is 12.6. The molecule has 110 valence electrons. The lowest BCUT2D eigenvalue weighted by Gasteiger charge is -2.09. The maximum Gasteiger partial charge on any atom is 0.266 e. The van der Waals surface area contributed by atoms with E-state index in [0.29, 0.717) is 25.2 Å². The molecule has 5 nitrogen and oxygen atoms in total. The van der Waals surface area contributed by atoms with Gasteiger partial charge in [0.1, 0.15) is 10.0 Å². The fraction of sp³-hybridized carbons (Fsp3) is 0.727. The van der Waals surface area contributed by atoms with E-state index in [1.807, 2.05) is 32.8 Å². The zero-order valence-corrected chi connectivity index (χ0v) is 13.8. The number of nitrogens with zero attached hydrogens (tertiary/aromatic N) is 3. The third-order valence-corrected chi connectivity index (χ3v) is 4.40. The summed E-state index contributed by atoms with van der Waals surface area (Å²) in [5.41, 5.74) is 0.439. The third-order valence-electron chi connectivity index (χ3n) is 2.52. The average molecular weight is 328 g/mol. The van der Waals surface area contributed by atoms with Crippen LogP contribution in [0.5, 0.6) is 0 Å². The molecule has 19 heavy (non-hydrogen) atoms. The molecule has 0 aliphatic heterocycles. The third kappa shape index (κ3) is 4.63. The summed E-state index contributed by atoms with van der Waals surface area (Å²) in [5.74, 6) is 0.269. The minimum Gasteiger partial charge on any atom is -0.308 e. The molecule has 1 aromatic heterocycles. The van der Waals surface area contributed by atoms with Gasteiger partial charge in [0.25, 0.3) is 9.05 Å². The molecule has 0 saturated heterocycles. The molecular formula is C11H19Cl2N3O2S. The Hall–Kier alpha value is -0.300. The second-order valence-electron chi connectivity index (χ2n) is 5.13. The second-order valence-corrected chi connectivity index (χ2v) is 7.99. The maximum absolute atomic E-state index is 11.6. The summed E-state index contributed by atoms with van der Waals surface area (Å²) in [6.07, 6.45) is 0.524. The van der Waals surface area contributed by atoms with Gasteiger partial charge < -0.3 is 4.90 Å². The van der Waals surface area contributed by atoms with Crippen LogP contribution in [0.15, 0.2) is 4.90 Å². The molecule has 0 aromatic carbocycles. The van der Waals surface area contributed by atoms with Gasteiger partial charge in [-0.3, -0.25) is 4.68 Å². The lowest BCUT2D eigenvalue weighted by atomic mass is 10.1. The summed E-state index contributed by atoms with van der Waals surface area (Å²) >= 11 is 6.10. The predicted octanol–water partition coefficient (Wildman–Crippen LogP) is 2.22. The van der Waals surface area contributed by atoms with E-state index < -0.39 is 9.05 Å². The molecule has 1 heterocycles. The van der Waals surface area contributed by atoms with Gasteiger partial charge in [0, 0.05) is 17.2 Å². The molecule has 0 unspecified atom stereocenters. The molecular weight excluding hydrogens is 309 g/mol. The van der Waals surface area contributed by atoms with Gasteiger partial charge in [0.05, 0.1) is 12.2 Å². The molecule has 1 aromatic rings. The highest BCUT2D eigenvalue weighted by atomic mass is 35.7. The van der Waals surface area contributed by atoms with Gasteiger partial charge in [-0.2, -0.15) is 5.10 Å². The van der Waals surface area contributed by atoms with E-state index >= 15 is 0 Å². The first-order valence-corrected chi connectivity index (χ1v) is 8.66. The summed E-state index contributed by atoms with van der Waals surface area (Å²) in [5, 5.41) is 4.37. The van der Waals surface area contributed by atoms with Gasteiger partial charge in [-0.05, 0) is 26.4 Å². The summed E-state index contributed by atoms with van der Waals surface area (Å²) in [6.45, 7) is 5.20. The molecule has 0 aliphatic carbocycles. The van der Waals surface area contributed by atoms with Crippen molar-refractivity contribution < 1.29 is 8.42 Å². The number of hydrogen-bond acceptors (Lipinski definition) is 4. The summed E-state index contributed by atoms with van der Waals surface area (Å²) in [6, 6.07) is 0. The van der Waals surface area contributed by atoms with Crippen molar-refractivity contribution in [1.29, 1.82) is 0 Å². The Labute approximate surface area is 123 Å². The molecule has 0 aliphatic rings. The Kier molecular flexibility index (Phi) is 5.67. The first-order valence-electron chi connectivity index (χ1n) is 5.97. The zero-order chi connectivity index (χ0) is 14.8. The first kappa shape index (κ1) is 16.8. The van der Waals surface area contributed by atoms with Gasteiger partial charge in [0.15, 0.2) is 0 Å². The van der Waals surface area contributed by atoms with Gasteiger partial charge in [-0.25, -0.2) is 8.42 Å². The Balaban J connectivity index is 3.19. The summed E-state index contributed by atoms with van der Waals surface area (Å²) in [7, 11) is 5.41. The van der Waals surface area contributed by atoms with E-state index in [4.69, 9.17) is 22.3 Å². The highest BCUT2D eigenvalue weighted by molar-refractivity contribution is 8.13. The second kappa shape index (κ2) is 6.43. The van der Waals surface area contributed by atoms with E-state index in [0.717, 1.165) is 0 Å². The van der Waals surface area contributed by atoms with E-state index in [2.05, 4.69) is 5.10 Å². The number of aromatic nitrogens is 2. The van der Waals surface area contributed by atoms with Gasteiger partial charge in [-0.15, -0.1) is 0 Å². The number of likely N-dealkylation sites (N-methyl/N-ethyl adjacent to an activating group) is 1. The Morgan fingerprint density at radius 1 is 1.37 bits per heavy atom. The number of rotatable bonds is 6. The Morgan fingerprint density at radius 2 is 1.95 bits per heavy atom. The lowest BCUT2D eigenvalue weighted by molar-refractivity contribution is 0.372. The highest BCUT2D eigenvalue weighted by Gasteiger charge is 2.26. The molecule has 0 amide bonds. The predicted molar refractivity (Wildman–Crippen MR) is 77.4 cm³/mol. The fourth-order valence-electron chi connectivity index (χ4n) is 1.68. The molecule has 1 rings (SSSR count). The maximum atomic E-state index is 11.6. The first-order chi connectivity index (χ1) is 8.62. The lowest BCUT2D eigenvalue weighted by Crippen LogP contribution is -2.19. The van der Waals surface area contributed by atoms with Gasteiger partial charge >= 0.3 is 0 Å². The van der Waals surface area contributed by atoms with Crippen LogP contribution < -0.4 is 0 Å². The van der Waals surface area contributed by atoms with Gasteiger partial charge in [-0.1, -0.05) is 25.4 Å². The smallest absolute Gasteiger partial charge is 0.266 e. The van der Waals surface area contributed by atoms with Crippen LogP contribution in [-0.2, 0) is 22.0 Å². The van der Waals surface area contributed by atoms with Crippen molar-refractivity contribution in [2.24, 2.45) is 5.92 Å². The van der Waals surface area contributed by atoms with Gasteiger partial charge in [0.2, 0.25) is 0 Å². The Morgan fingerprint density at radius 3 is 2.37 bits per heavy atom. The molecule has 0 spiro atoms. The highest BCUT2D eigenvalue weighted by Crippen LogP contribution is 2.29. The molecule has 0 radical (unpaired) electrons. The quantitative estimate of drug-likeness (QED) is 0.752. The molecule has 8 heteroatoms. The van der Waals surface area contributed by atoms with Crippen LogP contribution in [0.3, 0.4) is 0 Å². The van der Waals surface area contributed by atoms with E-state index in [1.54, 1.807) is 0 Å². The fourth-order valence-corrected chi connectivity index (χ4v) is 3.53. The SMILES string of the molecule is CC(C)Cc1nn(CCN(C)C)c(Cl)c1S(=O)(=O)Cl. The van der Waals surface area contributed by atoms with E-state index in [-0.39, 0.29) is 16.0 Å². The number of halogens is 2. The largest absolute Gasteiger partial charge is 0.308 e. The van der Waals surface area contributed by atoms with Crippen LogP contribution in [0.4, 0.5) is 0 Å². The van der Waals surface area contributed by atoms with Crippen molar-refractivity contribution in [3.8, 4) is 0 Å². The van der Waals surface area contributed by atoms with Crippen LogP contribution in [-0.4, -0.2) is 43.7 Å².